The van der Waals surface area contributed by atoms with Gasteiger partial charge in [-0.25, -0.2) is 0 Å². The molecule has 0 amide bonds. The molecule has 7 aromatic rings. The molecule has 7 rings (SSSR count). The van der Waals surface area contributed by atoms with Crippen molar-refractivity contribution in [3.63, 3.8) is 0 Å². The second-order valence-corrected chi connectivity index (χ2v) is 10.1. The van der Waals surface area contributed by atoms with E-state index in [0.717, 1.165) is 11.5 Å². The molecular formula is C38H28O2. The second-order valence-electron chi connectivity index (χ2n) is 10.1. The zero-order chi connectivity index (χ0) is 27.1. The molecule has 0 bridgehead atoms. The zero-order valence-corrected chi connectivity index (χ0v) is 22.5. The first-order chi connectivity index (χ1) is 19.7. The van der Waals surface area contributed by atoms with Gasteiger partial charge in [0.2, 0.25) is 0 Å². The van der Waals surface area contributed by atoms with Crippen LogP contribution in [-0.4, -0.2) is 14.2 Å². The number of hydrogen-bond acceptors (Lipinski definition) is 2. The normalized spacial score (nSPS) is 11.2. The largest absolute Gasteiger partial charge is 0.497 e. The monoisotopic (exact) mass is 516 g/mol. The van der Waals surface area contributed by atoms with Gasteiger partial charge in [-0.05, 0) is 102 Å². The average Bonchev–Trinajstić information content (AvgIpc) is 3.03. The fraction of sp³-hybridized carbons (Fsp3) is 0.0526. The Balaban J connectivity index is 1.56. The number of benzene rings is 7. The Labute approximate surface area is 234 Å². The van der Waals surface area contributed by atoms with Crippen molar-refractivity contribution in [1.82, 2.24) is 0 Å². The van der Waals surface area contributed by atoms with Crippen LogP contribution in [0, 0.1) is 0 Å². The van der Waals surface area contributed by atoms with Crippen molar-refractivity contribution < 1.29 is 9.47 Å². The van der Waals surface area contributed by atoms with Crippen LogP contribution in [0.15, 0.2) is 133 Å². The maximum Gasteiger partial charge on any atom is 0.118 e. The summed E-state index contributed by atoms with van der Waals surface area (Å²) in [6, 6.07) is 47.7. The van der Waals surface area contributed by atoms with Crippen LogP contribution in [0.5, 0.6) is 11.5 Å². The van der Waals surface area contributed by atoms with Gasteiger partial charge in [0.15, 0.2) is 0 Å². The molecule has 0 radical (unpaired) electrons. The Hall–Kier alpha value is -5.08. The first kappa shape index (κ1) is 24.0. The maximum absolute atomic E-state index is 5.48. The molecule has 0 saturated heterocycles. The molecule has 0 atom stereocenters. The van der Waals surface area contributed by atoms with Crippen LogP contribution in [0.2, 0.25) is 0 Å². The molecular weight excluding hydrogens is 488 g/mol. The Morgan fingerprint density at radius 1 is 0.350 bits per heavy atom. The van der Waals surface area contributed by atoms with Gasteiger partial charge < -0.3 is 9.47 Å². The number of ether oxygens (including phenoxy) is 2. The van der Waals surface area contributed by atoms with Crippen LogP contribution < -0.4 is 9.47 Å². The van der Waals surface area contributed by atoms with E-state index >= 15 is 0 Å². The summed E-state index contributed by atoms with van der Waals surface area (Å²) in [5, 5.41) is 7.39. The molecule has 0 aliphatic rings. The van der Waals surface area contributed by atoms with E-state index in [1.165, 1.54) is 65.7 Å². The predicted octanol–water partition coefficient (Wildman–Crippen LogP) is 10.2. The first-order valence-electron chi connectivity index (χ1n) is 13.5. The van der Waals surface area contributed by atoms with E-state index < -0.39 is 0 Å². The molecule has 0 fully saturated rings. The molecule has 192 valence electrons. The quantitative estimate of drug-likeness (QED) is 0.212. The minimum absolute atomic E-state index is 0.851. The molecule has 2 heteroatoms. The highest BCUT2D eigenvalue weighted by Gasteiger charge is 2.17. The molecule has 7 aromatic carbocycles. The third kappa shape index (κ3) is 4.06. The number of rotatable bonds is 5. The van der Waals surface area contributed by atoms with Crippen molar-refractivity contribution in [3.8, 4) is 44.9 Å². The highest BCUT2D eigenvalue weighted by molar-refractivity contribution is 6.22. The topological polar surface area (TPSA) is 18.5 Å². The minimum Gasteiger partial charge on any atom is -0.497 e. The molecule has 0 aliphatic heterocycles. The Bertz CT molecular complexity index is 2000. The number of fused-ring (bicyclic) bond motifs is 3. The Morgan fingerprint density at radius 2 is 0.800 bits per heavy atom. The lowest BCUT2D eigenvalue weighted by molar-refractivity contribution is 0.415. The summed E-state index contributed by atoms with van der Waals surface area (Å²) in [5.41, 5.74) is 7.20. The molecule has 0 unspecified atom stereocenters. The van der Waals surface area contributed by atoms with Crippen LogP contribution >= 0.6 is 0 Å². The van der Waals surface area contributed by atoms with E-state index in [-0.39, 0.29) is 0 Å². The van der Waals surface area contributed by atoms with Crippen molar-refractivity contribution >= 4 is 32.3 Å². The molecule has 0 spiro atoms. The zero-order valence-electron chi connectivity index (χ0n) is 22.5. The standard InChI is InChI=1S/C38H28O2/c1-39-31-18-13-26(14-19-31)37-33-9-5-6-10-34(33)38(27-15-20-32(40-2)21-16-27)36-24-30(17-22-35(36)37)29-12-11-25-7-3-4-8-28(25)23-29/h3-24H,1-2H3. The van der Waals surface area contributed by atoms with Gasteiger partial charge in [-0.2, -0.15) is 0 Å². The van der Waals surface area contributed by atoms with Crippen LogP contribution in [-0.2, 0) is 0 Å². The summed E-state index contributed by atoms with van der Waals surface area (Å²) in [6.07, 6.45) is 0. The van der Waals surface area contributed by atoms with E-state index in [1.54, 1.807) is 14.2 Å². The molecule has 0 N–H and O–H groups in total. The fourth-order valence-electron chi connectivity index (χ4n) is 5.86. The van der Waals surface area contributed by atoms with Crippen LogP contribution in [0.25, 0.3) is 65.7 Å². The predicted molar refractivity (Wildman–Crippen MR) is 168 cm³/mol. The lowest BCUT2D eigenvalue weighted by atomic mass is 9.84. The van der Waals surface area contributed by atoms with Crippen molar-refractivity contribution in [2.45, 2.75) is 0 Å². The van der Waals surface area contributed by atoms with E-state index in [2.05, 4.69) is 109 Å². The molecule has 0 heterocycles. The number of hydrogen-bond donors (Lipinski definition) is 0. The number of methoxy groups -OCH3 is 2. The van der Waals surface area contributed by atoms with Gasteiger partial charge in [0.05, 0.1) is 14.2 Å². The molecule has 0 saturated carbocycles. The van der Waals surface area contributed by atoms with E-state index in [0.29, 0.717) is 0 Å². The molecule has 40 heavy (non-hydrogen) atoms. The van der Waals surface area contributed by atoms with Crippen LogP contribution in [0.4, 0.5) is 0 Å². The van der Waals surface area contributed by atoms with Crippen LogP contribution in [0.1, 0.15) is 0 Å². The summed E-state index contributed by atoms with van der Waals surface area (Å²) >= 11 is 0. The molecule has 2 nitrogen and oxygen atoms in total. The highest BCUT2D eigenvalue weighted by atomic mass is 16.5. The molecule has 0 aliphatic carbocycles. The smallest absolute Gasteiger partial charge is 0.118 e. The lowest BCUT2D eigenvalue weighted by Crippen LogP contribution is -1.92. The molecule has 0 aromatic heterocycles. The Morgan fingerprint density at radius 3 is 1.40 bits per heavy atom. The summed E-state index contributed by atoms with van der Waals surface area (Å²) in [7, 11) is 3.41. The summed E-state index contributed by atoms with van der Waals surface area (Å²) < 4.78 is 10.9. The summed E-state index contributed by atoms with van der Waals surface area (Å²) in [6.45, 7) is 0. The lowest BCUT2D eigenvalue weighted by Gasteiger charge is -2.19. The SMILES string of the molecule is COc1ccc(-c2c3ccccc3c(-c3ccc(OC)cc3)c3cc(-c4ccc5ccccc5c4)ccc23)cc1. The van der Waals surface area contributed by atoms with Gasteiger partial charge in [0.1, 0.15) is 11.5 Å². The van der Waals surface area contributed by atoms with Gasteiger partial charge in [-0.15, -0.1) is 0 Å². The Kier molecular flexibility index (Phi) is 5.94. The first-order valence-corrected chi connectivity index (χ1v) is 13.5. The van der Waals surface area contributed by atoms with Crippen molar-refractivity contribution in [1.29, 1.82) is 0 Å². The van der Waals surface area contributed by atoms with Gasteiger partial charge in [0, 0.05) is 0 Å². The van der Waals surface area contributed by atoms with Gasteiger partial charge in [-0.3, -0.25) is 0 Å². The average molecular weight is 517 g/mol. The fourth-order valence-corrected chi connectivity index (χ4v) is 5.86. The van der Waals surface area contributed by atoms with E-state index in [9.17, 15) is 0 Å². The van der Waals surface area contributed by atoms with E-state index in [4.69, 9.17) is 9.47 Å². The van der Waals surface area contributed by atoms with Crippen molar-refractivity contribution in [2.24, 2.45) is 0 Å². The van der Waals surface area contributed by atoms with Crippen LogP contribution in [0.3, 0.4) is 0 Å². The summed E-state index contributed by atoms with van der Waals surface area (Å²) in [4.78, 5) is 0. The third-order valence-electron chi connectivity index (χ3n) is 7.86. The minimum atomic E-state index is 0.851. The summed E-state index contributed by atoms with van der Waals surface area (Å²) in [5.74, 6) is 1.70. The van der Waals surface area contributed by atoms with E-state index in [1.807, 2.05) is 24.3 Å². The maximum atomic E-state index is 5.48. The highest BCUT2D eigenvalue weighted by Crippen LogP contribution is 2.45. The van der Waals surface area contributed by atoms with Crippen molar-refractivity contribution in [2.75, 3.05) is 14.2 Å². The van der Waals surface area contributed by atoms with Gasteiger partial charge in [-0.1, -0.05) is 97.1 Å². The van der Waals surface area contributed by atoms with Crippen molar-refractivity contribution in [3.05, 3.63) is 133 Å². The second kappa shape index (κ2) is 9.91. The third-order valence-corrected chi connectivity index (χ3v) is 7.86. The van der Waals surface area contributed by atoms with Gasteiger partial charge >= 0.3 is 0 Å². The van der Waals surface area contributed by atoms with Gasteiger partial charge in [0.25, 0.3) is 0 Å².